The summed E-state index contributed by atoms with van der Waals surface area (Å²) < 4.78 is 5.28. The summed E-state index contributed by atoms with van der Waals surface area (Å²) in [6, 6.07) is 7.23. The molecule has 1 aromatic heterocycles. The van der Waals surface area contributed by atoms with Crippen LogP contribution in [-0.4, -0.2) is 10.8 Å². The Morgan fingerprint density at radius 2 is 2.31 bits per heavy atom. The van der Waals surface area contributed by atoms with Gasteiger partial charge in [0.2, 0.25) is 5.89 Å². The number of oxazole rings is 1. The van der Waals surface area contributed by atoms with E-state index >= 15 is 0 Å². The number of hydrogen-bond acceptors (Lipinski definition) is 3. The van der Waals surface area contributed by atoms with Crippen LogP contribution in [0.25, 0.3) is 11.5 Å². The summed E-state index contributed by atoms with van der Waals surface area (Å²) >= 11 is 5.86. The van der Waals surface area contributed by atoms with Crippen molar-refractivity contribution in [3.63, 3.8) is 0 Å². The predicted molar refractivity (Wildman–Crippen MR) is 61.3 cm³/mol. The van der Waals surface area contributed by atoms with E-state index in [1.54, 1.807) is 12.1 Å². The summed E-state index contributed by atoms with van der Waals surface area (Å²) in [5, 5.41) is 0.629. The van der Waals surface area contributed by atoms with Crippen molar-refractivity contribution in [1.82, 2.24) is 4.98 Å². The van der Waals surface area contributed by atoms with Crippen LogP contribution in [-0.2, 0) is 11.2 Å². The summed E-state index contributed by atoms with van der Waals surface area (Å²) in [5.74, 6) is 0.546. The van der Waals surface area contributed by atoms with Gasteiger partial charge in [0, 0.05) is 10.6 Å². The number of benzene rings is 1. The fourth-order valence-electron chi connectivity index (χ4n) is 1.40. The van der Waals surface area contributed by atoms with E-state index in [-0.39, 0.29) is 5.78 Å². The van der Waals surface area contributed by atoms with Crippen LogP contribution in [0.15, 0.2) is 34.9 Å². The molecule has 0 aliphatic heterocycles. The molecule has 0 saturated heterocycles. The quantitative estimate of drug-likeness (QED) is 0.821. The number of nitrogens with zero attached hydrogens (tertiary/aromatic N) is 1. The van der Waals surface area contributed by atoms with E-state index in [0.717, 1.165) is 5.56 Å². The summed E-state index contributed by atoms with van der Waals surface area (Å²) in [6.45, 7) is 1.52. The highest BCUT2D eigenvalue weighted by molar-refractivity contribution is 6.30. The minimum absolute atomic E-state index is 0.0611. The molecule has 0 atom stereocenters. The van der Waals surface area contributed by atoms with Gasteiger partial charge < -0.3 is 4.42 Å². The largest absolute Gasteiger partial charge is 0.444 e. The molecule has 0 radical (unpaired) electrons. The summed E-state index contributed by atoms with van der Waals surface area (Å²) in [4.78, 5) is 15.1. The Labute approximate surface area is 98.1 Å². The normalized spacial score (nSPS) is 10.4. The first-order valence-corrected chi connectivity index (χ1v) is 5.23. The van der Waals surface area contributed by atoms with E-state index in [0.29, 0.717) is 23.0 Å². The zero-order chi connectivity index (χ0) is 11.5. The predicted octanol–water partition coefficient (Wildman–Crippen LogP) is 3.13. The van der Waals surface area contributed by atoms with Crippen LogP contribution in [0, 0.1) is 0 Å². The topological polar surface area (TPSA) is 43.1 Å². The van der Waals surface area contributed by atoms with Crippen molar-refractivity contribution in [2.24, 2.45) is 0 Å². The minimum atomic E-state index is 0.0611. The fourth-order valence-corrected chi connectivity index (χ4v) is 1.59. The van der Waals surface area contributed by atoms with Gasteiger partial charge in [-0.15, -0.1) is 0 Å². The van der Waals surface area contributed by atoms with Crippen LogP contribution >= 0.6 is 11.6 Å². The molecule has 3 nitrogen and oxygen atoms in total. The van der Waals surface area contributed by atoms with E-state index in [1.807, 2.05) is 12.1 Å². The molecule has 2 rings (SSSR count). The summed E-state index contributed by atoms with van der Waals surface area (Å²) in [5.41, 5.74) is 1.45. The second-order valence-electron chi connectivity index (χ2n) is 3.53. The number of hydrogen-bond donors (Lipinski definition) is 0. The number of carbonyl (C=O) groups excluding carboxylic acids is 1. The second-order valence-corrected chi connectivity index (χ2v) is 3.97. The zero-order valence-electron chi connectivity index (χ0n) is 8.74. The third kappa shape index (κ3) is 2.49. The molecule has 4 heteroatoms. The number of carbonyl (C=O) groups is 1. The van der Waals surface area contributed by atoms with Crippen LogP contribution in [0.2, 0.25) is 5.02 Å². The highest BCUT2D eigenvalue weighted by Crippen LogP contribution is 2.22. The first kappa shape index (κ1) is 10.9. The Morgan fingerprint density at radius 3 is 3.00 bits per heavy atom. The molecule has 0 bridgehead atoms. The van der Waals surface area contributed by atoms with Crippen LogP contribution < -0.4 is 0 Å². The molecule has 0 unspecified atom stereocenters. The lowest BCUT2D eigenvalue weighted by Gasteiger charge is -1.94. The van der Waals surface area contributed by atoms with Gasteiger partial charge in [0.1, 0.15) is 12.0 Å². The van der Waals surface area contributed by atoms with Gasteiger partial charge in [-0.25, -0.2) is 4.98 Å². The number of Topliss-reactive ketones (excluding diaryl/α,β-unsaturated/α-hetero) is 1. The molecule has 0 fully saturated rings. The average Bonchev–Trinajstić information content (AvgIpc) is 2.65. The first-order chi connectivity index (χ1) is 7.65. The molecule has 0 saturated carbocycles. The van der Waals surface area contributed by atoms with E-state index in [1.165, 1.54) is 13.2 Å². The van der Waals surface area contributed by atoms with Crippen molar-refractivity contribution in [2.75, 3.05) is 0 Å². The summed E-state index contributed by atoms with van der Waals surface area (Å²) in [7, 11) is 0. The molecular weight excluding hydrogens is 226 g/mol. The van der Waals surface area contributed by atoms with Crippen molar-refractivity contribution in [3.8, 4) is 11.5 Å². The molecule has 0 spiro atoms. The molecule has 2 aromatic rings. The Balaban J connectivity index is 2.28. The lowest BCUT2D eigenvalue weighted by atomic mass is 10.2. The maximum absolute atomic E-state index is 10.9. The second kappa shape index (κ2) is 4.49. The van der Waals surface area contributed by atoms with E-state index in [9.17, 15) is 4.79 Å². The van der Waals surface area contributed by atoms with Crippen LogP contribution in [0.5, 0.6) is 0 Å². The van der Waals surface area contributed by atoms with Crippen molar-refractivity contribution in [3.05, 3.63) is 41.2 Å². The first-order valence-electron chi connectivity index (χ1n) is 4.85. The van der Waals surface area contributed by atoms with Gasteiger partial charge in [-0.05, 0) is 25.1 Å². The monoisotopic (exact) mass is 235 g/mol. The van der Waals surface area contributed by atoms with Gasteiger partial charge in [-0.1, -0.05) is 17.7 Å². The standard InChI is InChI=1S/C12H10ClNO2/c1-8(15)5-11-7-16-12(14-11)9-3-2-4-10(13)6-9/h2-4,6-7H,5H2,1H3. The third-order valence-electron chi connectivity index (χ3n) is 2.05. The highest BCUT2D eigenvalue weighted by Gasteiger charge is 2.08. The Kier molecular flexibility index (Phi) is 3.06. The van der Waals surface area contributed by atoms with Gasteiger partial charge in [-0.2, -0.15) is 0 Å². The van der Waals surface area contributed by atoms with E-state index in [4.69, 9.17) is 16.0 Å². The zero-order valence-corrected chi connectivity index (χ0v) is 9.49. The SMILES string of the molecule is CC(=O)Cc1coc(-c2cccc(Cl)c2)n1. The van der Waals surface area contributed by atoms with Gasteiger partial charge in [0.05, 0.1) is 12.1 Å². The molecule has 16 heavy (non-hydrogen) atoms. The summed E-state index contributed by atoms with van der Waals surface area (Å²) in [6.07, 6.45) is 1.79. The smallest absolute Gasteiger partial charge is 0.226 e. The van der Waals surface area contributed by atoms with Gasteiger partial charge in [0.25, 0.3) is 0 Å². The van der Waals surface area contributed by atoms with E-state index in [2.05, 4.69) is 4.98 Å². The lowest BCUT2D eigenvalue weighted by molar-refractivity contribution is -0.116. The van der Waals surface area contributed by atoms with E-state index < -0.39 is 0 Å². The maximum atomic E-state index is 10.9. The minimum Gasteiger partial charge on any atom is -0.444 e. The van der Waals surface area contributed by atoms with Crippen molar-refractivity contribution in [1.29, 1.82) is 0 Å². The molecule has 0 aliphatic carbocycles. The van der Waals surface area contributed by atoms with Crippen LogP contribution in [0.1, 0.15) is 12.6 Å². The molecule has 0 amide bonds. The van der Waals surface area contributed by atoms with Gasteiger partial charge in [0.15, 0.2) is 0 Å². The van der Waals surface area contributed by atoms with Crippen molar-refractivity contribution >= 4 is 17.4 Å². The number of halogens is 1. The molecule has 1 heterocycles. The van der Waals surface area contributed by atoms with Crippen LogP contribution in [0.3, 0.4) is 0 Å². The van der Waals surface area contributed by atoms with Crippen molar-refractivity contribution < 1.29 is 9.21 Å². The molecular formula is C12H10ClNO2. The third-order valence-corrected chi connectivity index (χ3v) is 2.29. The molecule has 0 N–H and O–H groups in total. The molecule has 82 valence electrons. The molecule has 1 aromatic carbocycles. The Morgan fingerprint density at radius 1 is 1.50 bits per heavy atom. The van der Waals surface area contributed by atoms with Crippen LogP contribution in [0.4, 0.5) is 0 Å². The number of ketones is 1. The van der Waals surface area contributed by atoms with Gasteiger partial charge >= 0.3 is 0 Å². The highest BCUT2D eigenvalue weighted by atomic mass is 35.5. The lowest BCUT2D eigenvalue weighted by Crippen LogP contribution is -1.95. The number of rotatable bonds is 3. The average molecular weight is 236 g/mol. The van der Waals surface area contributed by atoms with Gasteiger partial charge in [-0.3, -0.25) is 4.79 Å². The fraction of sp³-hybridized carbons (Fsp3) is 0.167. The Bertz CT molecular complexity index is 519. The number of aromatic nitrogens is 1. The Hall–Kier alpha value is -1.61. The molecule has 0 aliphatic rings. The maximum Gasteiger partial charge on any atom is 0.226 e. The van der Waals surface area contributed by atoms with Crippen molar-refractivity contribution in [2.45, 2.75) is 13.3 Å².